The summed E-state index contributed by atoms with van der Waals surface area (Å²) in [6.45, 7) is 10.1. The third kappa shape index (κ3) is 5.45. The number of hydrogen-bond acceptors (Lipinski definition) is 6. The third-order valence-corrected chi connectivity index (χ3v) is 7.24. The molecule has 0 fully saturated rings. The smallest absolute Gasteiger partial charge is 0.252 e. The first-order chi connectivity index (χ1) is 18.4. The van der Waals surface area contributed by atoms with Crippen molar-refractivity contribution < 1.29 is 4.42 Å². The van der Waals surface area contributed by atoms with Gasteiger partial charge in [-0.25, -0.2) is 4.68 Å². The molecule has 0 unspecified atom stereocenters. The fourth-order valence-electron chi connectivity index (χ4n) is 5.29. The van der Waals surface area contributed by atoms with E-state index in [4.69, 9.17) is 4.42 Å². The van der Waals surface area contributed by atoms with Gasteiger partial charge in [0.1, 0.15) is 12.3 Å². The lowest BCUT2D eigenvalue weighted by Gasteiger charge is -2.30. The Morgan fingerprint density at radius 2 is 1.87 bits per heavy atom. The highest BCUT2D eigenvalue weighted by Crippen LogP contribution is 2.26. The number of aromatic amines is 1. The van der Waals surface area contributed by atoms with E-state index in [-0.39, 0.29) is 11.6 Å². The second kappa shape index (κ2) is 11.1. The Morgan fingerprint density at radius 3 is 2.63 bits per heavy atom. The quantitative estimate of drug-likeness (QED) is 0.275. The van der Waals surface area contributed by atoms with Crippen LogP contribution in [0.5, 0.6) is 0 Å². The zero-order chi connectivity index (χ0) is 26.6. The molecular weight excluding hydrogens is 476 g/mol. The van der Waals surface area contributed by atoms with E-state index in [1.807, 2.05) is 25.1 Å². The molecule has 5 rings (SSSR count). The summed E-state index contributed by atoms with van der Waals surface area (Å²) >= 11 is 0. The molecule has 0 saturated heterocycles. The molecule has 3 aromatic heterocycles. The molecule has 8 nitrogen and oxygen atoms in total. The van der Waals surface area contributed by atoms with Crippen LogP contribution in [0.3, 0.4) is 0 Å². The van der Waals surface area contributed by atoms with E-state index < -0.39 is 0 Å². The van der Waals surface area contributed by atoms with Crippen molar-refractivity contribution in [3.05, 3.63) is 111 Å². The Labute approximate surface area is 222 Å². The Morgan fingerprint density at radius 1 is 1.03 bits per heavy atom. The number of fused-ring (bicyclic) bond motifs is 1. The lowest BCUT2D eigenvalue weighted by molar-refractivity contribution is 0.171. The lowest BCUT2D eigenvalue weighted by atomic mass is 10.0. The molecule has 0 amide bonds. The van der Waals surface area contributed by atoms with Gasteiger partial charge >= 0.3 is 0 Å². The molecule has 2 aromatic carbocycles. The molecule has 0 saturated carbocycles. The molecular formula is C30H34N6O2. The minimum absolute atomic E-state index is 0.0598. The van der Waals surface area contributed by atoms with Crippen LogP contribution in [0.25, 0.3) is 10.9 Å². The van der Waals surface area contributed by atoms with E-state index in [0.29, 0.717) is 13.1 Å². The van der Waals surface area contributed by atoms with Crippen molar-refractivity contribution in [2.24, 2.45) is 0 Å². The van der Waals surface area contributed by atoms with Crippen molar-refractivity contribution in [3.63, 3.8) is 0 Å². The van der Waals surface area contributed by atoms with Crippen LogP contribution in [0.2, 0.25) is 0 Å². The first kappa shape index (κ1) is 25.6. The fourth-order valence-corrected chi connectivity index (χ4v) is 5.29. The average Bonchev–Trinajstić information content (AvgIpc) is 3.57. The van der Waals surface area contributed by atoms with Gasteiger partial charge < -0.3 is 9.40 Å². The summed E-state index contributed by atoms with van der Waals surface area (Å²) in [6, 6.07) is 18.4. The summed E-state index contributed by atoms with van der Waals surface area (Å²) in [7, 11) is 0. The van der Waals surface area contributed by atoms with E-state index in [9.17, 15) is 4.79 Å². The summed E-state index contributed by atoms with van der Waals surface area (Å²) in [6.07, 6.45) is 3.29. The molecule has 0 aliphatic heterocycles. The molecule has 0 aliphatic rings. The monoisotopic (exact) mass is 510 g/mol. The normalized spacial score (nSPS) is 12.4. The van der Waals surface area contributed by atoms with Gasteiger partial charge in [-0.2, -0.15) is 0 Å². The van der Waals surface area contributed by atoms with Crippen molar-refractivity contribution >= 4 is 10.9 Å². The SMILES string of the molecule is CC[C@H](c1nnnn1Cc1ccco1)N(CCc1ccccc1C)Cc1cc2cc(C)cc(C)c2[nH]c1=O. The average molecular weight is 511 g/mol. The van der Waals surface area contributed by atoms with Crippen LogP contribution < -0.4 is 5.56 Å². The Balaban J connectivity index is 1.51. The number of pyridine rings is 1. The van der Waals surface area contributed by atoms with Gasteiger partial charge in [-0.15, -0.1) is 5.10 Å². The standard InChI is InChI=1S/C30H34N6O2/c1-5-27(29-32-33-34-36(29)19-26-11-8-14-38-26)35(13-12-23-10-7-6-9-21(23)3)18-25-17-24-16-20(2)15-22(4)28(24)31-30(25)37/h6-11,14-17,27H,5,12-13,18-19H2,1-4H3,(H,31,37)/t27-/m1/s1. The zero-order valence-corrected chi connectivity index (χ0v) is 22.4. The van der Waals surface area contributed by atoms with Crippen LogP contribution in [-0.2, 0) is 19.5 Å². The van der Waals surface area contributed by atoms with Crippen molar-refractivity contribution in [2.75, 3.05) is 6.54 Å². The molecule has 1 atom stereocenters. The number of hydrogen-bond donors (Lipinski definition) is 1. The predicted molar refractivity (Wildman–Crippen MR) is 148 cm³/mol. The zero-order valence-electron chi connectivity index (χ0n) is 22.4. The number of furan rings is 1. The number of nitrogens with zero attached hydrogens (tertiary/aromatic N) is 5. The molecule has 0 spiro atoms. The molecule has 5 aromatic rings. The summed E-state index contributed by atoms with van der Waals surface area (Å²) in [5.74, 6) is 1.55. The largest absolute Gasteiger partial charge is 0.467 e. The maximum Gasteiger partial charge on any atom is 0.252 e. The van der Waals surface area contributed by atoms with E-state index in [1.165, 1.54) is 16.7 Å². The lowest BCUT2D eigenvalue weighted by Crippen LogP contribution is -2.34. The molecule has 1 N–H and O–H groups in total. The molecule has 0 bridgehead atoms. The number of H-pyrrole nitrogens is 1. The molecule has 0 aliphatic carbocycles. The highest BCUT2D eigenvalue weighted by atomic mass is 16.3. The third-order valence-electron chi connectivity index (χ3n) is 7.24. The van der Waals surface area contributed by atoms with Crippen molar-refractivity contribution in [1.82, 2.24) is 30.1 Å². The van der Waals surface area contributed by atoms with Gasteiger partial charge in [-0.3, -0.25) is 9.69 Å². The number of aryl methyl sites for hydroxylation is 3. The van der Waals surface area contributed by atoms with Crippen LogP contribution in [-0.4, -0.2) is 36.6 Å². The van der Waals surface area contributed by atoms with Crippen LogP contribution in [0.15, 0.2) is 70.1 Å². The highest BCUT2D eigenvalue weighted by molar-refractivity contribution is 5.82. The molecule has 0 radical (unpaired) electrons. The number of benzene rings is 2. The van der Waals surface area contributed by atoms with Gasteiger partial charge in [0.2, 0.25) is 0 Å². The van der Waals surface area contributed by atoms with Crippen LogP contribution in [0, 0.1) is 20.8 Å². The first-order valence-corrected chi connectivity index (χ1v) is 13.1. The number of tetrazole rings is 1. The van der Waals surface area contributed by atoms with E-state index >= 15 is 0 Å². The van der Waals surface area contributed by atoms with Gasteiger partial charge in [-0.05, 0) is 90.4 Å². The molecule has 8 heteroatoms. The number of rotatable bonds is 10. The van der Waals surface area contributed by atoms with Gasteiger partial charge in [0, 0.05) is 18.7 Å². The summed E-state index contributed by atoms with van der Waals surface area (Å²) in [4.78, 5) is 18.7. The Bertz CT molecular complexity index is 1580. The molecule has 38 heavy (non-hydrogen) atoms. The van der Waals surface area contributed by atoms with Crippen LogP contribution in [0.1, 0.15) is 58.8 Å². The number of nitrogens with one attached hydrogen (secondary N) is 1. The summed E-state index contributed by atoms with van der Waals surface area (Å²) < 4.78 is 7.35. The van der Waals surface area contributed by atoms with Crippen molar-refractivity contribution in [2.45, 2.75) is 59.7 Å². The first-order valence-electron chi connectivity index (χ1n) is 13.1. The molecule has 196 valence electrons. The van der Waals surface area contributed by atoms with Gasteiger partial charge in [-0.1, -0.05) is 42.8 Å². The van der Waals surface area contributed by atoms with Crippen molar-refractivity contribution in [1.29, 1.82) is 0 Å². The molecule has 3 heterocycles. The Kier molecular flexibility index (Phi) is 7.51. The van der Waals surface area contributed by atoms with E-state index in [0.717, 1.165) is 53.0 Å². The maximum absolute atomic E-state index is 13.3. The van der Waals surface area contributed by atoms with Crippen molar-refractivity contribution in [3.8, 4) is 0 Å². The minimum Gasteiger partial charge on any atom is -0.467 e. The topological polar surface area (TPSA) is 92.8 Å². The summed E-state index contributed by atoms with van der Waals surface area (Å²) in [5.41, 5.74) is 6.37. The second-order valence-corrected chi connectivity index (χ2v) is 10.0. The highest BCUT2D eigenvalue weighted by Gasteiger charge is 2.26. The van der Waals surface area contributed by atoms with Gasteiger partial charge in [0.15, 0.2) is 5.82 Å². The van der Waals surface area contributed by atoms with Gasteiger partial charge in [0.05, 0.1) is 17.8 Å². The Hall–Kier alpha value is -4.04. The van der Waals surface area contributed by atoms with E-state index in [1.54, 1.807) is 10.9 Å². The van der Waals surface area contributed by atoms with Crippen LogP contribution in [0.4, 0.5) is 0 Å². The minimum atomic E-state index is -0.0849. The maximum atomic E-state index is 13.3. The van der Waals surface area contributed by atoms with Crippen LogP contribution >= 0.6 is 0 Å². The fraction of sp³-hybridized carbons (Fsp3) is 0.333. The predicted octanol–water partition coefficient (Wildman–Crippen LogP) is 5.28. The second-order valence-electron chi connectivity index (χ2n) is 10.0. The summed E-state index contributed by atoms with van der Waals surface area (Å²) in [5, 5.41) is 13.7. The number of aromatic nitrogens is 5. The van der Waals surface area contributed by atoms with Gasteiger partial charge in [0.25, 0.3) is 5.56 Å². The van der Waals surface area contributed by atoms with E-state index in [2.05, 4.69) is 82.6 Å².